The number of morpholine rings is 1. The maximum Gasteiger partial charge on any atom is 0.225 e. The molecule has 1 N–H and O–H groups in total. The van der Waals surface area contributed by atoms with Gasteiger partial charge in [0.05, 0.1) is 37.5 Å². The summed E-state index contributed by atoms with van der Waals surface area (Å²) in [4.78, 5) is 18.4. The standard InChI is InChI=1S/C14H19N5O2/c1-11-8-16-17-14(11)12-9-21-7-6-19(12)13(20)2-4-18-5-3-15-10-18/h3,5,8,10,12H,2,4,6-7,9H2,1H3,(H,16,17)/t12-/m0/s1. The van der Waals surface area contributed by atoms with Gasteiger partial charge >= 0.3 is 0 Å². The zero-order valence-corrected chi connectivity index (χ0v) is 12.0. The van der Waals surface area contributed by atoms with Crippen LogP contribution in [0.5, 0.6) is 0 Å². The molecule has 3 heterocycles. The van der Waals surface area contributed by atoms with Crippen LogP contribution in [0.25, 0.3) is 0 Å². The third-order valence-corrected chi connectivity index (χ3v) is 3.79. The molecule has 112 valence electrons. The summed E-state index contributed by atoms with van der Waals surface area (Å²) < 4.78 is 7.45. The molecule has 0 radical (unpaired) electrons. The molecule has 2 aromatic heterocycles. The first-order chi connectivity index (χ1) is 10.3. The largest absolute Gasteiger partial charge is 0.377 e. The molecule has 3 rings (SSSR count). The molecule has 1 aliphatic rings. The number of H-pyrrole nitrogens is 1. The van der Waals surface area contributed by atoms with E-state index < -0.39 is 0 Å². The number of amides is 1. The van der Waals surface area contributed by atoms with Crippen molar-refractivity contribution in [3.8, 4) is 0 Å². The van der Waals surface area contributed by atoms with Crippen LogP contribution in [0.1, 0.15) is 23.7 Å². The summed E-state index contributed by atoms with van der Waals surface area (Å²) in [5.41, 5.74) is 2.02. The van der Waals surface area contributed by atoms with Gasteiger partial charge in [0, 0.05) is 31.9 Å². The summed E-state index contributed by atoms with van der Waals surface area (Å²) in [5.74, 6) is 0.131. The lowest BCUT2D eigenvalue weighted by Gasteiger charge is -2.35. The van der Waals surface area contributed by atoms with Crippen LogP contribution >= 0.6 is 0 Å². The molecule has 21 heavy (non-hydrogen) atoms. The number of carbonyl (C=O) groups is 1. The van der Waals surface area contributed by atoms with Crippen molar-refractivity contribution in [1.29, 1.82) is 0 Å². The summed E-state index contributed by atoms with van der Waals surface area (Å²) in [5, 5.41) is 7.04. The Morgan fingerprint density at radius 1 is 1.57 bits per heavy atom. The van der Waals surface area contributed by atoms with Crippen molar-refractivity contribution >= 4 is 5.91 Å². The van der Waals surface area contributed by atoms with Gasteiger partial charge in [-0.25, -0.2) is 4.98 Å². The van der Waals surface area contributed by atoms with Crippen molar-refractivity contribution in [2.45, 2.75) is 25.9 Å². The first-order valence-electron chi connectivity index (χ1n) is 7.08. The third-order valence-electron chi connectivity index (χ3n) is 3.79. The van der Waals surface area contributed by atoms with Crippen LogP contribution in [0, 0.1) is 6.92 Å². The highest BCUT2D eigenvalue weighted by Crippen LogP contribution is 2.25. The van der Waals surface area contributed by atoms with Crippen LogP contribution in [0.4, 0.5) is 0 Å². The van der Waals surface area contributed by atoms with Crippen LogP contribution in [-0.4, -0.2) is 50.3 Å². The molecule has 1 saturated heterocycles. The lowest BCUT2D eigenvalue weighted by atomic mass is 10.1. The molecular weight excluding hydrogens is 270 g/mol. The zero-order chi connectivity index (χ0) is 14.7. The Bertz CT molecular complexity index is 592. The minimum absolute atomic E-state index is 0.0727. The Kier molecular flexibility index (Phi) is 4.01. The lowest BCUT2D eigenvalue weighted by Crippen LogP contribution is -2.44. The number of aromatic amines is 1. The highest BCUT2D eigenvalue weighted by Gasteiger charge is 2.30. The first kappa shape index (κ1) is 13.8. The van der Waals surface area contributed by atoms with Gasteiger partial charge in [-0.3, -0.25) is 9.89 Å². The molecular formula is C14H19N5O2. The van der Waals surface area contributed by atoms with Crippen molar-refractivity contribution in [1.82, 2.24) is 24.6 Å². The van der Waals surface area contributed by atoms with Crippen molar-refractivity contribution in [2.75, 3.05) is 19.8 Å². The maximum atomic E-state index is 12.5. The van der Waals surface area contributed by atoms with E-state index in [1.54, 1.807) is 18.7 Å². The van der Waals surface area contributed by atoms with Crippen molar-refractivity contribution < 1.29 is 9.53 Å². The lowest BCUT2D eigenvalue weighted by molar-refractivity contribution is -0.140. The molecule has 0 unspecified atom stereocenters. The SMILES string of the molecule is Cc1cn[nH]c1[C@@H]1COCCN1C(=O)CCn1ccnc1. The molecule has 1 aliphatic heterocycles. The van der Waals surface area contributed by atoms with Gasteiger partial charge in [0.15, 0.2) is 0 Å². The van der Waals surface area contributed by atoms with E-state index in [1.165, 1.54) is 0 Å². The number of aryl methyl sites for hydroxylation is 2. The number of hydrogen-bond donors (Lipinski definition) is 1. The smallest absolute Gasteiger partial charge is 0.225 e. The van der Waals surface area contributed by atoms with E-state index in [0.717, 1.165) is 11.3 Å². The minimum Gasteiger partial charge on any atom is -0.377 e. The van der Waals surface area contributed by atoms with Crippen LogP contribution in [0.3, 0.4) is 0 Å². The highest BCUT2D eigenvalue weighted by molar-refractivity contribution is 5.76. The van der Waals surface area contributed by atoms with Crippen LogP contribution in [0.15, 0.2) is 24.9 Å². The Morgan fingerprint density at radius 2 is 2.48 bits per heavy atom. The average Bonchev–Trinajstić information content (AvgIpc) is 3.16. The monoisotopic (exact) mass is 289 g/mol. The second-order valence-corrected chi connectivity index (χ2v) is 5.20. The number of nitrogens with zero attached hydrogens (tertiary/aromatic N) is 4. The van der Waals surface area contributed by atoms with Gasteiger partial charge < -0.3 is 14.2 Å². The summed E-state index contributed by atoms with van der Waals surface area (Å²) in [6, 6.07) is -0.0727. The average molecular weight is 289 g/mol. The first-order valence-corrected chi connectivity index (χ1v) is 7.08. The molecule has 0 spiro atoms. The minimum atomic E-state index is -0.0727. The van der Waals surface area contributed by atoms with Gasteiger partial charge in [-0.15, -0.1) is 0 Å². The molecule has 7 nitrogen and oxygen atoms in total. The van der Waals surface area contributed by atoms with Gasteiger partial charge in [-0.2, -0.15) is 5.10 Å². The van der Waals surface area contributed by atoms with Crippen LogP contribution in [-0.2, 0) is 16.1 Å². The maximum absolute atomic E-state index is 12.5. The van der Waals surface area contributed by atoms with Crippen molar-refractivity contribution in [3.05, 3.63) is 36.2 Å². The number of ether oxygens (including phenoxy) is 1. The fourth-order valence-corrected chi connectivity index (χ4v) is 2.62. The molecule has 0 aliphatic carbocycles. The number of nitrogens with one attached hydrogen (secondary N) is 1. The number of aromatic nitrogens is 4. The van der Waals surface area contributed by atoms with Crippen molar-refractivity contribution in [2.24, 2.45) is 0 Å². The summed E-state index contributed by atoms with van der Waals surface area (Å²) in [7, 11) is 0. The van der Waals surface area contributed by atoms with Crippen LogP contribution in [0.2, 0.25) is 0 Å². The molecule has 1 amide bonds. The van der Waals surface area contributed by atoms with Crippen LogP contribution < -0.4 is 0 Å². The Hall–Kier alpha value is -2.15. The fraction of sp³-hybridized carbons (Fsp3) is 0.500. The number of rotatable bonds is 4. The summed E-state index contributed by atoms with van der Waals surface area (Å²) in [6.07, 6.45) is 7.54. The van der Waals surface area contributed by atoms with E-state index in [-0.39, 0.29) is 11.9 Å². The molecule has 0 saturated carbocycles. The topological polar surface area (TPSA) is 76.0 Å². The quantitative estimate of drug-likeness (QED) is 0.907. The third kappa shape index (κ3) is 2.97. The van der Waals surface area contributed by atoms with Gasteiger partial charge in [-0.1, -0.05) is 0 Å². The second kappa shape index (κ2) is 6.09. The van der Waals surface area contributed by atoms with Gasteiger partial charge in [0.1, 0.15) is 0 Å². The molecule has 0 aromatic carbocycles. The predicted molar refractivity (Wildman–Crippen MR) is 75.4 cm³/mol. The van der Waals surface area contributed by atoms with Gasteiger partial charge in [0.25, 0.3) is 0 Å². The molecule has 1 atom stereocenters. The van der Waals surface area contributed by atoms with Gasteiger partial charge in [-0.05, 0) is 12.5 Å². The highest BCUT2D eigenvalue weighted by atomic mass is 16.5. The number of hydrogen-bond acceptors (Lipinski definition) is 4. The summed E-state index contributed by atoms with van der Waals surface area (Å²) >= 11 is 0. The number of imidazole rings is 1. The van der Waals surface area contributed by atoms with E-state index in [1.807, 2.05) is 22.6 Å². The number of carbonyl (C=O) groups excluding carboxylic acids is 1. The fourth-order valence-electron chi connectivity index (χ4n) is 2.62. The summed E-state index contributed by atoms with van der Waals surface area (Å²) in [6.45, 7) is 4.35. The predicted octanol–water partition coefficient (Wildman–Crippen LogP) is 0.905. The van der Waals surface area contributed by atoms with Crippen molar-refractivity contribution in [3.63, 3.8) is 0 Å². The van der Waals surface area contributed by atoms with Gasteiger partial charge in [0.2, 0.25) is 5.91 Å². The second-order valence-electron chi connectivity index (χ2n) is 5.20. The van der Waals surface area contributed by atoms with E-state index in [2.05, 4.69) is 15.2 Å². The normalized spacial score (nSPS) is 18.9. The molecule has 2 aromatic rings. The Morgan fingerprint density at radius 3 is 3.19 bits per heavy atom. The Labute approximate surface area is 122 Å². The molecule has 0 bridgehead atoms. The zero-order valence-electron chi connectivity index (χ0n) is 12.0. The van der Waals surface area contributed by atoms with E-state index >= 15 is 0 Å². The van der Waals surface area contributed by atoms with E-state index in [9.17, 15) is 4.79 Å². The van der Waals surface area contributed by atoms with E-state index in [4.69, 9.17) is 4.74 Å². The molecule has 7 heteroatoms. The Balaban J connectivity index is 1.69. The van der Waals surface area contributed by atoms with E-state index in [0.29, 0.717) is 32.7 Å². The molecule has 1 fully saturated rings.